The molecule has 2 aromatic carbocycles. The molecule has 0 aliphatic heterocycles. The number of hydrogen-bond donors (Lipinski definition) is 1. The van der Waals surface area contributed by atoms with E-state index in [-0.39, 0.29) is 11.7 Å². The summed E-state index contributed by atoms with van der Waals surface area (Å²) in [6.45, 7) is 2.03. The quantitative estimate of drug-likeness (QED) is 0.527. The number of anilines is 1. The molecule has 1 amide bonds. The fourth-order valence-electron chi connectivity index (χ4n) is 3.59. The molecule has 0 aliphatic carbocycles. The van der Waals surface area contributed by atoms with Gasteiger partial charge in [-0.1, -0.05) is 30.3 Å². The lowest BCUT2D eigenvalue weighted by atomic mass is 10.0. The van der Waals surface area contributed by atoms with Gasteiger partial charge < -0.3 is 9.72 Å². The number of likely N-dealkylation sites (N-methyl/N-ethyl adjacent to an activating group) is 1. The number of benzene rings is 2. The lowest BCUT2D eigenvalue weighted by molar-refractivity contribution is -0.120. The van der Waals surface area contributed by atoms with Crippen molar-refractivity contribution < 1.29 is 9.18 Å². The highest BCUT2D eigenvalue weighted by atomic mass is 19.1. The summed E-state index contributed by atoms with van der Waals surface area (Å²) in [6, 6.07) is 17.1. The monoisotopic (exact) mass is 402 g/mol. The average Bonchev–Trinajstić information content (AvgIpc) is 3.15. The zero-order valence-corrected chi connectivity index (χ0v) is 17.1. The molecular weight excluding hydrogens is 379 g/mol. The van der Waals surface area contributed by atoms with Crippen LogP contribution in [0, 0.1) is 12.7 Å². The molecule has 0 radical (unpaired) electrons. The standard InChI is InChI=1S/C24H23FN4O/c1-16-6-5-13-29-15-21(27-23(16)29)18-7-4-8-20(14-18)26-24(30)22(28(2)3)17-9-11-19(25)12-10-17/h4-15,22H,1-3H3,(H,26,30). The van der Waals surface area contributed by atoms with Crippen LogP contribution in [0.3, 0.4) is 0 Å². The molecule has 1 unspecified atom stereocenters. The fourth-order valence-corrected chi connectivity index (χ4v) is 3.59. The molecule has 0 fully saturated rings. The number of carbonyl (C=O) groups is 1. The molecule has 4 aromatic rings. The normalized spacial score (nSPS) is 12.3. The van der Waals surface area contributed by atoms with Crippen molar-refractivity contribution >= 4 is 17.2 Å². The number of pyridine rings is 1. The molecule has 2 aromatic heterocycles. The van der Waals surface area contributed by atoms with Crippen LogP contribution in [-0.2, 0) is 4.79 Å². The van der Waals surface area contributed by atoms with Crippen LogP contribution in [0.1, 0.15) is 17.2 Å². The van der Waals surface area contributed by atoms with Gasteiger partial charge in [-0.15, -0.1) is 0 Å². The van der Waals surface area contributed by atoms with E-state index >= 15 is 0 Å². The van der Waals surface area contributed by atoms with Gasteiger partial charge >= 0.3 is 0 Å². The summed E-state index contributed by atoms with van der Waals surface area (Å²) in [7, 11) is 3.64. The van der Waals surface area contributed by atoms with Crippen LogP contribution in [0.5, 0.6) is 0 Å². The van der Waals surface area contributed by atoms with Crippen LogP contribution in [0.4, 0.5) is 10.1 Å². The first kappa shape index (κ1) is 19.8. The molecule has 0 saturated carbocycles. The van der Waals surface area contributed by atoms with Gasteiger partial charge in [0.1, 0.15) is 17.5 Å². The summed E-state index contributed by atoms with van der Waals surface area (Å²) in [5.74, 6) is -0.512. The molecule has 2 heterocycles. The SMILES string of the molecule is Cc1cccn2cc(-c3cccc(NC(=O)C(c4ccc(F)cc4)N(C)C)c3)nc12. The van der Waals surface area contributed by atoms with Crippen LogP contribution in [0.15, 0.2) is 73.1 Å². The van der Waals surface area contributed by atoms with Crippen molar-refractivity contribution in [3.05, 3.63) is 90.0 Å². The second kappa shape index (κ2) is 8.08. The van der Waals surface area contributed by atoms with Gasteiger partial charge in [0.25, 0.3) is 0 Å². The van der Waals surface area contributed by atoms with Gasteiger partial charge in [0, 0.05) is 23.6 Å². The molecule has 6 heteroatoms. The number of fused-ring (bicyclic) bond motifs is 1. The molecule has 1 atom stereocenters. The first-order valence-corrected chi connectivity index (χ1v) is 9.70. The van der Waals surface area contributed by atoms with Crippen molar-refractivity contribution in [2.75, 3.05) is 19.4 Å². The highest BCUT2D eigenvalue weighted by molar-refractivity contribution is 5.96. The van der Waals surface area contributed by atoms with Crippen molar-refractivity contribution in [1.82, 2.24) is 14.3 Å². The number of amides is 1. The van der Waals surface area contributed by atoms with Crippen LogP contribution < -0.4 is 5.32 Å². The van der Waals surface area contributed by atoms with E-state index in [1.807, 2.05) is 74.2 Å². The van der Waals surface area contributed by atoms with Crippen molar-refractivity contribution in [2.24, 2.45) is 0 Å². The van der Waals surface area contributed by atoms with Gasteiger partial charge in [0.15, 0.2) is 0 Å². The minimum absolute atomic E-state index is 0.186. The predicted molar refractivity (Wildman–Crippen MR) is 117 cm³/mol. The van der Waals surface area contributed by atoms with Gasteiger partial charge in [-0.3, -0.25) is 9.69 Å². The minimum atomic E-state index is -0.535. The van der Waals surface area contributed by atoms with E-state index in [0.29, 0.717) is 5.69 Å². The van der Waals surface area contributed by atoms with E-state index in [1.165, 1.54) is 12.1 Å². The Morgan fingerprint density at radius 1 is 1.10 bits per heavy atom. The Morgan fingerprint density at radius 3 is 2.57 bits per heavy atom. The summed E-state index contributed by atoms with van der Waals surface area (Å²) in [4.78, 5) is 19.5. The Morgan fingerprint density at radius 2 is 1.87 bits per heavy atom. The van der Waals surface area contributed by atoms with E-state index in [1.54, 1.807) is 17.0 Å². The van der Waals surface area contributed by atoms with Crippen molar-refractivity contribution in [3.63, 3.8) is 0 Å². The van der Waals surface area contributed by atoms with Gasteiger partial charge in [-0.25, -0.2) is 9.37 Å². The molecule has 30 heavy (non-hydrogen) atoms. The van der Waals surface area contributed by atoms with E-state index in [4.69, 9.17) is 4.98 Å². The van der Waals surface area contributed by atoms with Crippen molar-refractivity contribution in [2.45, 2.75) is 13.0 Å². The van der Waals surface area contributed by atoms with Crippen LogP contribution in [-0.4, -0.2) is 34.3 Å². The number of halogens is 1. The maximum absolute atomic E-state index is 13.3. The molecule has 0 bridgehead atoms. The van der Waals surface area contributed by atoms with Crippen LogP contribution >= 0.6 is 0 Å². The average molecular weight is 402 g/mol. The molecule has 5 nitrogen and oxygen atoms in total. The fraction of sp³-hybridized carbons (Fsp3) is 0.167. The number of nitrogens with zero attached hydrogens (tertiary/aromatic N) is 3. The summed E-state index contributed by atoms with van der Waals surface area (Å²) < 4.78 is 15.3. The number of nitrogens with one attached hydrogen (secondary N) is 1. The summed E-state index contributed by atoms with van der Waals surface area (Å²) in [6.07, 6.45) is 3.94. The van der Waals surface area contributed by atoms with E-state index in [0.717, 1.165) is 28.0 Å². The number of hydrogen-bond acceptors (Lipinski definition) is 3. The van der Waals surface area contributed by atoms with E-state index in [2.05, 4.69) is 5.32 Å². The molecular formula is C24H23FN4O. The number of rotatable bonds is 5. The summed E-state index contributed by atoms with van der Waals surface area (Å²) in [5.41, 5.74) is 5.17. The summed E-state index contributed by atoms with van der Waals surface area (Å²) in [5, 5.41) is 2.98. The van der Waals surface area contributed by atoms with E-state index in [9.17, 15) is 9.18 Å². The predicted octanol–water partition coefficient (Wildman–Crippen LogP) is 4.69. The van der Waals surface area contributed by atoms with Gasteiger partial charge in [-0.05, 0) is 62.5 Å². The first-order chi connectivity index (χ1) is 14.4. The Balaban J connectivity index is 1.60. The number of carbonyl (C=O) groups excluding carboxylic acids is 1. The summed E-state index contributed by atoms with van der Waals surface area (Å²) >= 11 is 0. The second-order valence-electron chi connectivity index (χ2n) is 7.54. The largest absolute Gasteiger partial charge is 0.324 e. The maximum Gasteiger partial charge on any atom is 0.246 e. The maximum atomic E-state index is 13.3. The third-order valence-electron chi connectivity index (χ3n) is 5.05. The third kappa shape index (κ3) is 3.95. The van der Waals surface area contributed by atoms with Gasteiger partial charge in [-0.2, -0.15) is 0 Å². The molecule has 152 valence electrons. The van der Waals surface area contributed by atoms with Gasteiger partial charge in [0.05, 0.1) is 5.69 Å². The van der Waals surface area contributed by atoms with Crippen LogP contribution in [0.25, 0.3) is 16.9 Å². The van der Waals surface area contributed by atoms with E-state index < -0.39 is 6.04 Å². The molecule has 4 rings (SSSR count). The lowest BCUT2D eigenvalue weighted by Crippen LogP contribution is -2.32. The number of imidazole rings is 1. The van der Waals surface area contributed by atoms with Crippen LogP contribution in [0.2, 0.25) is 0 Å². The number of aryl methyl sites for hydroxylation is 1. The second-order valence-corrected chi connectivity index (χ2v) is 7.54. The molecule has 1 N–H and O–H groups in total. The smallest absolute Gasteiger partial charge is 0.246 e. The highest BCUT2D eigenvalue weighted by Gasteiger charge is 2.23. The Kier molecular flexibility index (Phi) is 5.33. The number of aromatic nitrogens is 2. The minimum Gasteiger partial charge on any atom is -0.324 e. The highest BCUT2D eigenvalue weighted by Crippen LogP contribution is 2.25. The lowest BCUT2D eigenvalue weighted by Gasteiger charge is -2.24. The Hall–Kier alpha value is -3.51. The zero-order valence-electron chi connectivity index (χ0n) is 17.1. The first-order valence-electron chi connectivity index (χ1n) is 9.70. The molecule has 0 spiro atoms. The zero-order chi connectivity index (χ0) is 21.3. The third-order valence-corrected chi connectivity index (χ3v) is 5.05. The van der Waals surface area contributed by atoms with Crippen molar-refractivity contribution in [1.29, 1.82) is 0 Å². The topological polar surface area (TPSA) is 49.6 Å². The Bertz CT molecular complexity index is 1200. The molecule has 0 aliphatic rings. The Labute approximate surface area is 174 Å². The molecule has 0 saturated heterocycles. The van der Waals surface area contributed by atoms with Gasteiger partial charge in [0.2, 0.25) is 5.91 Å². The van der Waals surface area contributed by atoms with Crippen molar-refractivity contribution in [3.8, 4) is 11.3 Å².